The number of carbonyl (C=O) groups excluding carboxylic acids is 2. The first kappa shape index (κ1) is 18.4. The van der Waals surface area contributed by atoms with Gasteiger partial charge >= 0.3 is 0 Å². The summed E-state index contributed by atoms with van der Waals surface area (Å²) in [6, 6.07) is 11.3. The molecule has 2 fully saturated rings. The van der Waals surface area contributed by atoms with Gasteiger partial charge in [-0.05, 0) is 24.3 Å². The zero-order chi connectivity index (χ0) is 21.2. The number of benzene rings is 2. The Morgan fingerprint density at radius 2 is 1.94 bits per heavy atom. The van der Waals surface area contributed by atoms with Crippen molar-refractivity contribution in [3.05, 3.63) is 60.4 Å². The molecule has 0 saturated carbocycles. The number of halogens is 1. The van der Waals surface area contributed by atoms with Crippen molar-refractivity contribution in [2.45, 2.75) is 11.7 Å². The highest BCUT2D eigenvalue weighted by Crippen LogP contribution is 2.53. The maximum atomic E-state index is 14.4. The van der Waals surface area contributed by atoms with Crippen LogP contribution in [0.5, 0.6) is 11.5 Å². The minimum absolute atomic E-state index is 0.179. The molecule has 0 aliphatic carbocycles. The topological polar surface area (TPSA) is 77.1 Å². The number of amides is 2. The Hall–Kier alpha value is -3.39. The van der Waals surface area contributed by atoms with Crippen LogP contribution in [0.4, 0.5) is 15.8 Å². The minimum atomic E-state index is -0.918. The van der Waals surface area contributed by atoms with Crippen LogP contribution in [0, 0.1) is 17.7 Å². The molecule has 4 heterocycles. The molecule has 1 spiro atoms. The average Bonchev–Trinajstić information content (AvgIpc) is 3.42. The van der Waals surface area contributed by atoms with Crippen LogP contribution in [0.25, 0.3) is 0 Å². The second-order valence-electron chi connectivity index (χ2n) is 8.12. The van der Waals surface area contributed by atoms with Crippen LogP contribution in [0.3, 0.4) is 0 Å². The number of hydrogen-bond donors (Lipinski definition) is 1. The van der Waals surface area contributed by atoms with Gasteiger partial charge in [0.05, 0.1) is 30.2 Å². The lowest BCUT2D eigenvalue weighted by molar-refractivity contribution is -0.128. The van der Waals surface area contributed by atoms with Crippen LogP contribution < -0.4 is 19.7 Å². The first-order valence-electron chi connectivity index (χ1n) is 10.2. The summed E-state index contributed by atoms with van der Waals surface area (Å²) in [4.78, 5) is 27.9. The number of carbonyl (C=O) groups is 2. The summed E-state index contributed by atoms with van der Waals surface area (Å²) in [5.41, 5.74) is -0.173. The van der Waals surface area contributed by atoms with Gasteiger partial charge in [-0.3, -0.25) is 9.59 Å². The third-order valence-electron chi connectivity index (χ3n) is 6.36. The Bertz CT molecular complexity index is 1130. The molecular formula is C23H19FN2O5. The van der Waals surface area contributed by atoms with Crippen molar-refractivity contribution in [3.63, 3.8) is 0 Å². The SMILES string of the molecule is O=C(Nc1ccc2c(c1)OCCO2)C1C2C(=O)N(c3ccccc3F)C[C@]23C=C[C@H]1O3. The molecule has 2 bridgehead atoms. The fraction of sp³-hybridized carbons (Fsp3) is 0.304. The Kier molecular flexibility index (Phi) is 3.89. The Morgan fingerprint density at radius 1 is 1.13 bits per heavy atom. The largest absolute Gasteiger partial charge is 0.486 e. The quantitative estimate of drug-likeness (QED) is 0.770. The minimum Gasteiger partial charge on any atom is -0.486 e. The second kappa shape index (κ2) is 6.55. The molecule has 1 N–H and O–H groups in total. The molecule has 4 atom stereocenters. The highest BCUT2D eigenvalue weighted by atomic mass is 19.1. The van der Waals surface area contributed by atoms with E-state index >= 15 is 0 Å². The van der Waals surface area contributed by atoms with E-state index in [2.05, 4.69) is 5.32 Å². The molecule has 6 rings (SSSR count). The van der Waals surface area contributed by atoms with Gasteiger partial charge in [0.15, 0.2) is 11.5 Å². The van der Waals surface area contributed by atoms with Gasteiger partial charge in [-0.25, -0.2) is 4.39 Å². The van der Waals surface area contributed by atoms with Gasteiger partial charge in [-0.1, -0.05) is 24.3 Å². The summed E-state index contributed by atoms with van der Waals surface area (Å²) in [5.74, 6) is -1.33. The first-order chi connectivity index (χ1) is 15.1. The Labute approximate surface area is 177 Å². The van der Waals surface area contributed by atoms with Crippen molar-refractivity contribution in [2.24, 2.45) is 11.8 Å². The number of nitrogens with one attached hydrogen (secondary N) is 1. The van der Waals surface area contributed by atoms with E-state index in [0.717, 1.165) is 0 Å². The van der Waals surface area contributed by atoms with E-state index in [0.29, 0.717) is 30.4 Å². The zero-order valence-corrected chi connectivity index (χ0v) is 16.4. The summed E-state index contributed by atoms with van der Waals surface area (Å²) < 4.78 is 31.5. The lowest BCUT2D eigenvalue weighted by Gasteiger charge is -2.24. The summed E-state index contributed by atoms with van der Waals surface area (Å²) in [6.07, 6.45) is 3.17. The summed E-state index contributed by atoms with van der Waals surface area (Å²) in [5, 5.41) is 2.88. The molecular weight excluding hydrogens is 403 g/mol. The van der Waals surface area contributed by atoms with E-state index in [-0.39, 0.29) is 24.0 Å². The van der Waals surface area contributed by atoms with Crippen molar-refractivity contribution in [1.82, 2.24) is 0 Å². The van der Waals surface area contributed by atoms with Gasteiger partial charge in [0.25, 0.3) is 0 Å². The van der Waals surface area contributed by atoms with Crippen LogP contribution >= 0.6 is 0 Å². The third kappa shape index (κ3) is 2.68. The fourth-order valence-electron chi connectivity index (χ4n) is 5.02. The van der Waals surface area contributed by atoms with E-state index in [4.69, 9.17) is 14.2 Å². The van der Waals surface area contributed by atoms with Crippen LogP contribution in [0.2, 0.25) is 0 Å². The lowest BCUT2D eigenvalue weighted by Crippen LogP contribution is -2.41. The molecule has 158 valence electrons. The molecule has 2 saturated heterocycles. The van der Waals surface area contributed by atoms with Gasteiger partial charge in [0.1, 0.15) is 24.6 Å². The predicted molar refractivity (Wildman–Crippen MR) is 109 cm³/mol. The fourth-order valence-corrected chi connectivity index (χ4v) is 5.02. The molecule has 7 nitrogen and oxygen atoms in total. The molecule has 2 unspecified atom stereocenters. The Morgan fingerprint density at radius 3 is 2.77 bits per heavy atom. The monoisotopic (exact) mass is 422 g/mol. The van der Waals surface area contributed by atoms with E-state index in [9.17, 15) is 14.0 Å². The summed E-state index contributed by atoms with van der Waals surface area (Å²) in [7, 11) is 0. The van der Waals surface area contributed by atoms with Gasteiger partial charge in [-0.2, -0.15) is 0 Å². The number of para-hydroxylation sites is 1. The van der Waals surface area contributed by atoms with E-state index < -0.39 is 29.4 Å². The molecule has 2 aromatic rings. The summed E-state index contributed by atoms with van der Waals surface area (Å²) >= 11 is 0. The average molecular weight is 422 g/mol. The highest BCUT2D eigenvalue weighted by molar-refractivity contribution is 6.05. The van der Waals surface area contributed by atoms with Crippen molar-refractivity contribution < 1.29 is 28.2 Å². The number of anilines is 2. The van der Waals surface area contributed by atoms with Crippen LogP contribution in [0.15, 0.2) is 54.6 Å². The third-order valence-corrected chi connectivity index (χ3v) is 6.36. The van der Waals surface area contributed by atoms with Gasteiger partial charge in [-0.15, -0.1) is 0 Å². The highest BCUT2D eigenvalue weighted by Gasteiger charge is 2.67. The van der Waals surface area contributed by atoms with Crippen LogP contribution in [-0.4, -0.2) is 43.3 Å². The smallest absolute Gasteiger partial charge is 0.234 e. The van der Waals surface area contributed by atoms with Crippen molar-refractivity contribution in [1.29, 1.82) is 0 Å². The normalized spacial score (nSPS) is 29.9. The van der Waals surface area contributed by atoms with E-state index in [1.54, 1.807) is 36.4 Å². The Balaban J connectivity index is 1.28. The van der Waals surface area contributed by atoms with Gasteiger partial charge < -0.3 is 24.4 Å². The second-order valence-corrected chi connectivity index (χ2v) is 8.12. The molecule has 2 aromatic carbocycles. The van der Waals surface area contributed by atoms with Crippen molar-refractivity contribution in [2.75, 3.05) is 30.0 Å². The standard InChI is InChI=1S/C23H19FN2O5/c24-14-3-1-2-4-15(14)26-12-23-8-7-17(31-23)19(20(23)22(26)28)21(27)25-13-5-6-16-18(11-13)30-10-9-29-16/h1-8,11,17,19-20H,9-10,12H2,(H,25,27)/t17-,19?,20?,23-/m1/s1. The summed E-state index contributed by atoms with van der Waals surface area (Å²) in [6.45, 7) is 1.10. The van der Waals surface area contributed by atoms with Crippen LogP contribution in [-0.2, 0) is 14.3 Å². The maximum absolute atomic E-state index is 14.4. The van der Waals surface area contributed by atoms with E-state index in [1.165, 1.54) is 11.0 Å². The number of hydrogen-bond acceptors (Lipinski definition) is 5. The van der Waals surface area contributed by atoms with E-state index in [1.807, 2.05) is 12.2 Å². The zero-order valence-electron chi connectivity index (χ0n) is 16.4. The van der Waals surface area contributed by atoms with Gasteiger partial charge in [0.2, 0.25) is 11.8 Å². The number of rotatable bonds is 3. The molecule has 0 aromatic heterocycles. The van der Waals surface area contributed by atoms with Crippen molar-refractivity contribution in [3.8, 4) is 11.5 Å². The molecule has 4 aliphatic heterocycles. The maximum Gasteiger partial charge on any atom is 0.234 e. The van der Waals surface area contributed by atoms with Crippen LogP contribution in [0.1, 0.15) is 0 Å². The molecule has 31 heavy (non-hydrogen) atoms. The lowest BCUT2D eigenvalue weighted by atomic mass is 9.77. The number of ether oxygens (including phenoxy) is 3. The molecule has 0 radical (unpaired) electrons. The predicted octanol–water partition coefficient (Wildman–Crippen LogP) is 2.52. The molecule has 8 heteroatoms. The first-order valence-corrected chi connectivity index (χ1v) is 10.2. The number of fused-ring (bicyclic) bond motifs is 2. The van der Waals surface area contributed by atoms with Crippen molar-refractivity contribution >= 4 is 23.2 Å². The van der Waals surface area contributed by atoms with Gasteiger partial charge in [0, 0.05) is 11.8 Å². The number of nitrogens with zero attached hydrogens (tertiary/aromatic N) is 1. The molecule has 4 aliphatic rings. The molecule has 2 amide bonds.